The average Bonchev–Trinajstić information content (AvgIpc) is 3.05. The lowest BCUT2D eigenvalue weighted by Crippen LogP contribution is -2.49. The Labute approximate surface area is 121 Å². The van der Waals surface area contributed by atoms with Crippen LogP contribution in [0.5, 0.6) is 0 Å². The van der Waals surface area contributed by atoms with Crippen molar-refractivity contribution < 1.29 is 19.1 Å². The molecule has 0 bridgehead atoms. The molecule has 2 heterocycles. The first-order chi connectivity index (χ1) is 9.63. The molecule has 1 aromatic rings. The summed E-state index contributed by atoms with van der Waals surface area (Å²) < 4.78 is 4.93. The Morgan fingerprint density at radius 2 is 2.40 bits per heavy atom. The van der Waals surface area contributed by atoms with E-state index in [1.54, 1.807) is 12.3 Å². The van der Waals surface area contributed by atoms with E-state index in [1.165, 1.54) is 22.9 Å². The summed E-state index contributed by atoms with van der Waals surface area (Å²) in [4.78, 5) is 25.0. The number of furan rings is 1. The number of rotatable bonds is 5. The van der Waals surface area contributed by atoms with Crippen LogP contribution in [-0.2, 0) is 11.3 Å². The van der Waals surface area contributed by atoms with Crippen LogP contribution in [0.25, 0.3) is 0 Å². The summed E-state index contributed by atoms with van der Waals surface area (Å²) in [6, 6.07) is 0.681. The zero-order valence-corrected chi connectivity index (χ0v) is 12.1. The molecule has 0 spiro atoms. The number of carboxylic acids is 1. The molecule has 2 rings (SSSR count). The zero-order chi connectivity index (χ0) is 14.5. The van der Waals surface area contributed by atoms with Crippen LogP contribution in [0.2, 0.25) is 0 Å². The van der Waals surface area contributed by atoms with Gasteiger partial charge in [-0.15, -0.1) is 11.8 Å². The molecule has 2 atom stereocenters. The molecular weight excluding hydrogens is 280 g/mol. The van der Waals surface area contributed by atoms with Crippen molar-refractivity contribution in [3.63, 3.8) is 0 Å². The summed E-state index contributed by atoms with van der Waals surface area (Å²) in [7, 11) is 0. The Bertz CT molecular complexity index is 463. The number of nitrogens with one attached hydrogen (secondary N) is 1. The molecule has 1 aliphatic heterocycles. The van der Waals surface area contributed by atoms with Crippen LogP contribution in [0, 0.1) is 0 Å². The molecule has 110 valence electrons. The Morgan fingerprint density at radius 3 is 3.00 bits per heavy atom. The van der Waals surface area contributed by atoms with Gasteiger partial charge >= 0.3 is 12.0 Å². The molecule has 2 N–H and O–H groups in total. The second kappa shape index (κ2) is 6.69. The maximum absolute atomic E-state index is 12.2. The maximum Gasteiger partial charge on any atom is 0.327 e. The highest BCUT2D eigenvalue weighted by Gasteiger charge is 2.41. The van der Waals surface area contributed by atoms with Gasteiger partial charge in [0.05, 0.1) is 17.9 Å². The average molecular weight is 298 g/mol. The highest BCUT2D eigenvalue weighted by atomic mass is 32.2. The van der Waals surface area contributed by atoms with Gasteiger partial charge in [-0.2, -0.15) is 0 Å². The van der Waals surface area contributed by atoms with E-state index in [1.807, 2.05) is 6.92 Å². The largest absolute Gasteiger partial charge is 0.480 e. The van der Waals surface area contributed by atoms with E-state index < -0.39 is 12.0 Å². The lowest BCUT2D eigenvalue weighted by Gasteiger charge is -2.27. The summed E-state index contributed by atoms with van der Waals surface area (Å²) in [5.74, 6) is -0.506. The Hall–Kier alpha value is -1.63. The highest BCUT2D eigenvalue weighted by molar-refractivity contribution is 8.00. The van der Waals surface area contributed by atoms with Gasteiger partial charge in [0.1, 0.15) is 6.04 Å². The first kappa shape index (κ1) is 14.8. The fraction of sp³-hybridized carbons (Fsp3) is 0.538. The summed E-state index contributed by atoms with van der Waals surface area (Å²) in [5, 5.41) is 11.9. The van der Waals surface area contributed by atoms with Crippen molar-refractivity contribution in [3.05, 3.63) is 24.2 Å². The summed E-state index contributed by atoms with van der Waals surface area (Å²) in [6.45, 7) is 2.36. The number of hydrogen-bond donors (Lipinski definition) is 2. The van der Waals surface area contributed by atoms with Gasteiger partial charge in [-0.25, -0.2) is 9.59 Å². The molecule has 0 aromatic carbocycles. The minimum Gasteiger partial charge on any atom is -0.480 e. The summed E-state index contributed by atoms with van der Waals surface area (Å²) >= 11 is 1.53. The minimum absolute atomic E-state index is 0.0644. The van der Waals surface area contributed by atoms with Gasteiger partial charge in [0.2, 0.25) is 0 Å². The van der Waals surface area contributed by atoms with Crippen molar-refractivity contribution in [2.75, 3.05) is 5.75 Å². The van der Waals surface area contributed by atoms with Gasteiger partial charge in [-0.1, -0.05) is 13.3 Å². The molecule has 0 saturated carbocycles. The summed E-state index contributed by atoms with van der Waals surface area (Å²) in [5.41, 5.74) is 0.851. The number of carbonyl (C=O) groups excluding carboxylic acids is 1. The number of urea groups is 1. The van der Waals surface area contributed by atoms with E-state index in [0.717, 1.165) is 18.4 Å². The van der Waals surface area contributed by atoms with Crippen molar-refractivity contribution in [1.29, 1.82) is 0 Å². The molecule has 0 aliphatic carbocycles. The quantitative estimate of drug-likeness (QED) is 0.870. The Morgan fingerprint density at radius 1 is 1.60 bits per heavy atom. The van der Waals surface area contributed by atoms with E-state index in [4.69, 9.17) is 4.42 Å². The van der Waals surface area contributed by atoms with Gasteiger partial charge in [-0.3, -0.25) is 4.90 Å². The van der Waals surface area contributed by atoms with Crippen LogP contribution in [0.1, 0.15) is 25.3 Å². The van der Waals surface area contributed by atoms with Crippen molar-refractivity contribution >= 4 is 23.8 Å². The molecule has 7 heteroatoms. The van der Waals surface area contributed by atoms with Crippen molar-refractivity contribution in [1.82, 2.24) is 10.2 Å². The first-order valence-corrected chi connectivity index (χ1v) is 7.60. The molecule has 1 aliphatic rings. The van der Waals surface area contributed by atoms with E-state index in [0.29, 0.717) is 12.3 Å². The van der Waals surface area contributed by atoms with Crippen LogP contribution in [0.4, 0.5) is 4.79 Å². The van der Waals surface area contributed by atoms with Crippen LogP contribution < -0.4 is 5.32 Å². The number of carboxylic acid groups (broad SMARTS) is 1. The minimum atomic E-state index is -0.949. The SMILES string of the molecule is CCCC1SCC(C(=O)O)N1C(=O)NCc1ccoc1. The highest BCUT2D eigenvalue weighted by Crippen LogP contribution is 2.32. The maximum atomic E-state index is 12.2. The van der Waals surface area contributed by atoms with Crippen molar-refractivity contribution in [2.45, 2.75) is 37.7 Å². The van der Waals surface area contributed by atoms with Crippen molar-refractivity contribution in [2.24, 2.45) is 0 Å². The van der Waals surface area contributed by atoms with E-state index in [9.17, 15) is 14.7 Å². The second-order valence-corrected chi connectivity index (χ2v) is 5.84. The predicted octanol–water partition coefficient (Wildman–Crippen LogP) is 2.12. The van der Waals surface area contributed by atoms with Crippen molar-refractivity contribution in [3.8, 4) is 0 Å². The molecule has 1 aromatic heterocycles. The van der Waals surface area contributed by atoms with Crippen LogP contribution in [0.3, 0.4) is 0 Å². The van der Waals surface area contributed by atoms with Crippen LogP contribution in [0.15, 0.2) is 23.0 Å². The Kier molecular flexibility index (Phi) is 4.94. The van der Waals surface area contributed by atoms with Gasteiger partial charge in [0.15, 0.2) is 0 Å². The topological polar surface area (TPSA) is 82.8 Å². The standard InChI is InChI=1S/C13H18N2O4S/c1-2-3-11-15(10(8-20-11)12(16)17)13(18)14-6-9-4-5-19-7-9/h4-5,7,10-11H,2-3,6,8H2,1H3,(H,14,18)(H,16,17). The monoisotopic (exact) mass is 298 g/mol. The number of hydrogen-bond acceptors (Lipinski definition) is 4. The van der Waals surface area contributed by atoms with Gasteiger partial charge in [-0.05, 0) is 12.5 Å². The lowest BCUT2D eigenvalue weighted by atomic mass is 10.2. The molecule has 1 fully saturated rings. The van der Waals surface area contributed by atoms with Crippen LogP contribution in [-0.4, -0.2) is 39.2 Å². The fourth-order valence-electron chi connectivity index (χ4n) is 2.16. The molecule has 20 heavy (non-hydrogen) atoms. The molecule has 6 nitrogen and oxygen atoms in total. The van der Waals surface area contributed by atoms with Crippen LogP contribution >= 0.6 is 11.8 Å². The number of thioether (sulfide) groups is 1. The van der Waals surface area contributed by atoms with E-state index >= 15 is 0 Å². The number of aliphatic carboxylic acids is 1. The predicted molar refractivity (Wildman–Crippen MR) is 75.4 cm³/mol. The fourth-order valence-corrected chi connectivity index (χ4v) is 3.67. The second-order valence-electron chi connectivity index (χ2n) is 4.63. The number of carbonyl (C=O) groups is 2. The third kappa shape index (κ3) is 3.27. The third-order valence-electron chi connectivity index (χ3n) is 3.17. The molecule has 2 unspecified atom stereocenters. The smallest absolute Gasteiger partial charge is 0.327 e. The molecule has 1 saturated heterocycles. The van der Waals surface area contributed by atoms with Gasteiger partial charge in [0.25, 0.3) is 0 Å². The molecule has 0 radical (unpaired) electrons. The number of nitrogens with zero attached hydrogens (tertiary/aromatic N) is 1. The zero-order valence-electron chi connectivity index (χ0n) is 11.2. The Balaban J connectivity index is 2.00. The normalized spacial score (nSPS) is 21.9. The van der Waals surface area contributed by atoms with Gasteiger partial charge in [0, 0.05) is 17.9 Å². The first-order valence-electron chi connectivity index (χ1n) is 6.55. The lowest BCUT2D eigenvalue weighted by molar-refractivity contribution is -0.141. The van der Waals surface area contributed by atoms with Gasteiger partial charge < -0.3 is 14.8 Å². The molecule has 2 amide bonds. The summed E-state index contributed by atoms with van der Waals surface area (Å²) in [6.07, 6.45) is 4.80. The van der Waals surface area contributed by atoms with E-state index in [2.05, 4.69) is 5.32 Å². The van der Waals surface area contributed by atoms with E-state index in [-0.39, 0.29) is 11.4 Å². The number of amides is 2. The molecular formula is C13H18N2O4S. The third-order valence-corrected chi connectivity index (χ3v) is 4.53.